The Bertz CT molecular complexity index is 1950. The minimum atomic E-state index is -4.40. The van der Waals surface area contributed by atoms with Crippen LogP contribution in [0, 0.1) is 6.92 Å². The molecule has 0 bridgehead atoms. The van der Waals surface area contributed by atoms with Gasteiger partial charge in [0, 0.05) is 178 Å². The summed E-state index contributed by atoms with van der Waals surface area (Å²) in [7, 11) is 19.9. The van der Waals surface area contributed by atoms with Gasteiger partial charge in [-0.1, -0.05) is 117 Å². The van der Waals surface area contributed by atoms with Crippen LogP contribution in [-0.2, 0) is 145 Å². The van der Waals surface area contributed by atoms with E-state index in [9.17, 15) is 22.8 Å². The lowest BCUT2D eigenvalue weighted by Gasteiger charge is -2.07. The Hall–Kier alpha value is 0.400. The fraction of sp³-hybridized carbons (Fsp3) is 0.667. The smallest absolute Gasteiger partial charge is 0.398 e. The summed E-state index contributed by atoms with van der Waals surface area (Å²) < 4.78 is 35.8. The first-order valence-electron chi connectivity index (χ1n) is 19.3. The Morgan fingerprint density at radius 3 is 1.38 bits per heavy atom. The van der Waals surface area contributed by atoms with Crippen molar-refractivity contribution in [1.29, 1.82) is 0 Å². The summed E-state index contributed by atoms with van der Waals surface area (Å²) in [5, 5.41) is 2.77. The van der Waals surface area contributed by atoms with Gasteiger partial charge < -0.3 is 11.1 Å². The van der Waals surface area contributed by atoms with E-state index in [0.717, 1.165) is 43.0 Å². The largest absolute Gasteiger partial charge is 0.419 e. The van der Waals surface area contributed by atoms with Crippen molar-refractivity contribution in [2.75, 3.05) is 11.1 Å². The van der Waals surface area contributed by atoms with Crippen LogP contribution in [0.4, 0.5) is 24.5 Å². The predicted molar refractivity (Wildman–Crippen MR) is 289 cm³/mol. The molecule has 2 rings (SSSR count). The third-order valence-corrected chi connectivity index (χ3v) is 32.4. The molecule has 3 N–H and O–H groups in total. The number of nitrogens with zero attached hydrogens (tertiary/aromatic N) is 2. The number of aromatic nitrogens is 2. The predicted octanol–water partition coefficient (Wildman–Crippen LogP) is 11.6. The molecule has 0 unspecified atom stereocenters. The molecule has 0 saturated heterocycles. The molecule has 60 heavy (non-hydrogen) atoms. The van der Waals surface area contributed by atoms with Crippen molar-refractivity contribution < 1.29 is 22.8 Å². The number of hydrogen-bond acceptors (Lipinski definition) is 7. The zero-order valence-electron chi connectivity index (χ0n) is 34.1. The van der Waals surface area contributed by atoms with Crippen LogP contribution in [-0.4, -0.2) is 21.1 Å². The normalized spacial score (nSPS) is 9.92. The van der Waals surface area contributed by atoms with Crippen molar-refractivity contribution in [3.8, 4) is 0 Å². The van der Waals surface area contributed by atoms with Gasteiger partial charge in [0.2, 0.25) is 11.1 Å². The van der Waals surface area contributed by atoms with Gasteiger partial charge in [0.1, 0.15) is 0 Å². The molecule has 0 aliphatic carbocycles. The number of halogens is 4. The second-order valence-electron chi connectivity index (χ2n) is 12.5. The first kappa shape index (κ1) is 62.5. The molecule has 0 radical (unpaired) electrons. The number of nitrogens with two attached hydrogens (primary N) is 1. The third-order valence-electron chi connectivity index (χ3n) is 7.74. The molecular weight excluding hydrogens is 1060 g/mol. The average molecular weight is 1120 g/mol. The van der Waals surface area contributed by atoms with Crippen molar-refractivity contribution in [2.24, 2.45) is 0 Å². The van der Waals surface area contributed by atoms with Crippen LogP contribution in [0.2, 0.25) is 0 Å². The molecule has 0 atom stereocenters. The van der Waals surface area contributed by atoms with Gasteiger partial charge in [0.15, 0.2) is 0 Å². The van der Waals surface area contributed by atoms with E-state index in [-0.39, 0.29) is 16.8 Å². The molecule has 346 valence electrons. The molecule has 0 aliphatic heterocycles. The quantitative estimate of drug-likeness (QED) is 0.0949. The van der Waals surface area contributed by atoms with Gasteiger partial charge in [-0.25, -0.2) is 0 Å². The summed E-state index contributed by atoms with van der Waals surface area (Å²) in [5.74, 6) is 0.118. The summed E-state index contributed by atoms with van der Waals surface area (Å²) in [6.45, 7) is 6.45. The molecule has 0 aliphatic rings. The van der Waals surface area contributed by atoms with Gasteiger partial charge in [-0.15, -0.1) is 0 Å². The first-order chi connectivity index (χ1) is 28.9. The number of aryl methyl sites for hydroxylation is 1. The van der Waals surface area contributed by atoms with Crippen LogP contribution in [0.25, 0.3) is 0 Å². The van der Waals surface area contributed by atoms with Crippen LogP contribution >= 0.6 is 11.6 Å². The number of unbranched alkanes of at least 4 members (excludes halogenated alkanes) is 16. The molecule has 24 heteroatoms. The van der Waals surface area contributed by atoms with Gasteiger partial charge >= 0.3 is 6.18 Å². The number of rotatable bonds is 21. The van der Waals surface area contributed by atoms with E-state index >= 15 is 0 Å². The number of nitrogens with one attached hydrogen (secondary N) is 1. The van der Waals surface area contributed by atoms with Gasteiger partial charge in [-0.3, -0.25) is 19.6 Å². The highest BCUT2D eigenvalue weighted by molar-refractivity contribution is 8.76. The molecular formula is C36H58ClF3N4O2S14. The highest BCUT2D eigenvalue weighted by atomic mass is 35.5. The lowest BCUT2D eigenvalue weighted by Crippen LogP contribution is -2.12. The summed E-state index contributed by atoms with van der Waals surface area (Å²) in [4.78, 5) is 29.6. The van der Waals surface area contributed by atoms with Crippen LogP contribution in [0.3, 0.4) is 0 Å². The number of amides is 1. The molecule has 2 aromatic heterocycles. The monoisotopic (exact) mass is 1120 g/mol. The number of anilines is 2. The zero-order chi connectivity index (χ0) is 45.0. The highest BCUT2D eigenvalue weighted by Crippen LogP contribution is 2.32. The second-order valence-corrected chi connectivity index (χ2v) is 34.2. The summed E-state index contributed by atoms with van der Waals surface area (Å²) in [6, 6.07) is 2.96. The van der Waals surface area contributed by atoms with Crippen LogP contribution in [0.15, 0.2) is 36.9 Å². The van der Waals surface area contributed by atoms with E-state index in [0.29, 0.717) is 19.0 Å². The highest BCUT2D eigenvalue weighted by Gasteiger charge is 2.32. The number of pyridine rings is 2. The minimum absolute atomic E-state index is 0.118. The Morgan fingerprint density at radius 2 is 1.02 bits per heavy atom. The summed E-state index contributed by atoms with van der Waals surface area (Å²) >= 11 is 14.7. The Balaban J connectivity index is 0. The maximum atomic E-state index is 11.9. The third kappa shape index (κ3) is 45.0. The summed E-state index contributed by atoms with van der Waals surface area (Å²) in [5.41, 5.74) is 5.75. The number of nitrogen functional groups attached to an aromatic ring is 1. The molecule has 6 nitrogen and oxygen atoms in total. The van der Waals surface area contributed by atoms with Crippen molar-refractivity contribution in [3.05, 3.63) is 48.0 Å². The maximum Gasteiger partial charge on any atom is 0.419 e. The van der Waals surface area contributed by atoms with Crippen molar-refractivity contribution in [2.45, 2.75) is 155 Å². The fourth-order valence-electron chi connectivity index (χ4n) is 4.75. The molecule has 0 saturated carbocycles. The van der Waals surface area contributed by atoms with E-state index in [4.69, 9.17) is 39.7 Å². The Morgan fingerprint density at radius 1 is 0.633 bits per heavy atom. The maximum absolute atomic E-state index is 11.9. The fourth-order valence-corrected chi connectivity index (χ4v) is 32.3. The molecule has 2 heterocycles. The zero-order valence-corrected chi connectivity index (χ0v) is 46.3. The van der Waals surface area contributed by atoms with E-state index in [1.54, 1.807) is 101 Å². The van der Waals surface area contributed by atoms with E-state index in [1.165, 1.54) is 114 Å². The van der Waals surface area contributed by atoms with Crippen molar-refractivity contribution >= 4 is 163 Å². The average Bonchev–Trinajstić information content (AvgIpc) is 3.21. The SMILES string of the molecule is CCCCCCCCCCCC(=O)Cl.CCCCCCCCCCCC(=O)Nc1ccncc1C.Nc1ccncc1C(F)(F)F.S=S=S=S=S=S=S=S=S=S=S=S=S=S. The molecule has 2 aromatic rings. The minimum Gasteiger partial charge on any atom is -0.398 e. The van der Waals surface area contributed by atoms with Crippen LogP contribution in [0.5, 0.6) is 0 Å². The molecule has 0 aromatic carbocycles. The lowest BCUT2D eigenvalue weighted by atomic mass is 10.1. The molecule has 1 amide bonds. The lowest BCUT2D eigenvalue weighted by molar-refractivity contribution is -0.137. The van der Waals surface area contributed by atoms with E-state index < -0.39 is 11.7 Å². The van der Waals surface area contributed by atoms with E-state index in [2.05, 4.69) is 29.1 Å². The van der Waals surface area contributed by atoms with Gasteiger partial charge in [0.05, 0.1) is 5.56 Å². The van der Waals surface area contributed by atoms with Gasteiger partial charge in [-0.05, 0) is 49.1 Å². The summed E-state index contributed by atoms with van der Waals surface area (Å²) in [6.07, 6.45) is 25.2. The Labute approximate surface area is 405 Å². The number of alkyl halides is 3. The van der Waals surface area contributed by atoms with Crippen molar-refractivity contribution in [1.82, 2.24) is 9.97 Å². The number of hydrogen-bond donors (Lipinski definition) is 2. The second kappa shape index (κ2) is 47.4. The number of carbonyl (C=O) groups is 2. The van der Waals surface area contributed by atoms with Crippen molar-refractivity contribution in [3.63, 3.8) is 0 Å². The number of carbonyl (C=O) groups excluding carboxylic acids is 2. The molecule has 0 spiro atoms. The van der Waals surface area contributed by atoms with E-state index in [1.807, 2.05) is 13.0 Å². The first-order valence-corrected chi connectivity index (χ1v) is 37.1. The molecule has 0 fully saturated rings. The standard InChI is InChI=1S/C18H30N2O.C12H23ClO.C6H5F3N2.S14/c1-3-4-5-6-7-8-9-10-11-12-18(21)20-17-13-14-19-15-16(17)2;1-2-3-4-5-6-7-8-9-10-11-12(13)14;7-6(8,9)4-3-11-2-1-5(4)10;1-3-5-7-9-11-13-14-12-10-8-6-4-2/h13-15H,3-12H2,1-2H3,(H,19,20,21);2-11H2,1H3;1-3H,(H2,10,11);. The Kier molecular flexibility index (Phi) is 49.3. The van der Waals surface area contributed by atoms with Crippen LogP contribution in [0.1, 0.15) is 153 Å². The van der Waals surface area contributed by atoms with Gasteiger partial charge in [-0.2, -0.15) is 13.2 Å². The van der Waals surface area contributed by atoms with Gasteiger partial charge in [0.25, 0.3) is 0 Å². The topological polar surface area (TPSA) is 98.0 Å². The van der Waals surface area contributed by atoms with Crippen LogP contribution < -0.4 is 11.1 Å².